The van der Waals surface area contributed by atoms with Crippen LogP contribution in [0.1, 0.15) is 47.7 Å². The number of carbonyl (C=O) groups is 2. The summed E-state index contributed by atoms with van der Waals surface area (Å²) in [6, 6.07) is 15.1. The van der Waals surface area contributed by atoms with Crippen LogP contribution in [0.2, 0.25) is 5.02 Å². The fraction of sp³-hybridized carbons (Fsp3) is 0.333. The van der Waals surface area contributed by atoms with Crippen molar-refractivity contribution in [2.45, 2.75) is 32.6 Å². The number of rotatable bonds is 8. The first kappa shape index (κ1) is 20.0. The van der Waals surface area contributed by atoms with Gasteiger partial charge in [-0.3, -0.25) is 9.59 Å². The van der Waals surface area contributed by atoms with Gasteiger partial charge in [-0.15, -0.1) is 0 Å². The molecule has 0 aliphatic heterocycles. The van der Waals surface area contributed by atoms with Gasteiger partial charge in [-0.1, -0.05) is 49.7 Å². The van der Waals surface area contributed by atoms with Gasteiger partial charge in [0.25, 0.3) is 5.91 Å². The summed E-state index contributed by atoms with van der Waals surface area (Å²) in [7, 11) is 0. The maximum absolute atomic E-state index is 12.1. The number of hydrogen-bond donors (Lipinski definition) is 2. The molecule has 2 aromatic rings. The number of carbonyl (C=O) groups excluding carboxylic acids is 2. The van der Waals surface area contributed by atoms with E-state index in [1.54, 1.807) is 0 Å². The molecule has 0 unspecified atom stereocenters. The van der Waals surface area contributed by atoms with Crippen LogP contribution in [-0.2, 0) is 11.2 Å². The zero-order valence-corrected chi connectivity index (χ0v) is 16.0. The topological polar surface area (TPSA) is 58.2 Å². The first-order chi connectivity index (χ1) is 12.5. The van der Waals surface area contributed by atoms with E-state index in [-0.39, 0.29) is 11.8 Å². The zero-order chi connectivity index (χ0) is 18.9. The summed E-state index contributed by atoms with van der Waals surface area (Å²) >= 11 is 5.84. The summed E-state index contributed by atoms with van der Waals surface area (Å²) in [5.41, 5.74) is 2.90. The summed E-state index contributed by atoms with van der Waals surface area (Å²) in [4.78, 5) is 23.9. The molecular weight excluding hydrogens is 348 g/mol. The molecular formula is C21H25ClN2O2. The quantitative estimate of drug-likeness (QED) is 0.689. The molecule has 0 saturated heterocycles. The number of benzene rings is 2. The van der Waals surface area contributed by atoms with E-state index in [1.165, 1.54) is 5.56 Å². The molecule has 2 aromatic carbocycles. The van der Waals surface area contributed by atoms with Gasteiger partial charge >= 0.3 is 0 Å². The Morgan fingerprint density at radius 1 is 0.923 bits per heavy atom. The Morgan fingerprint density at radius 2 is 1.54 bits per heavy atom. The molecule has 0 aromatic heterocycles. The van der Waals surface area contributed by atoms with Crippen molar-refractivity contribution in [2.75, 3.05) is 13.1 Å². The standard InChI is InChI=1S/C21H25ClN2O2/c1-15(2)17-6-8-18(9-7-17)21(26)24-14-13-23-20(25)12-5-16-3-10-19(22)11-4-16/h3-4,6-11,15H,5,12-14H2,1-2H3,(H,23,25)(H,24,26). The van der Waals surface area contributed by atoms with Gasteiger partial charge in [-0.25, -0.2) is 0 Å². The largest absolute Gasteiger partial charge is 0.354 e. The first-order valence-electron chi connectivity index (χ1n) is 8.85. The van der Waals surface area contributed by atoms with Crippen LogP contribution in [0.3, 0.4) is 0 Å². The molecule has 0 aliphatic rings. The fourth-order valence-corrected chi connectivity index (χ4v) is 2.62. The van der Waals surface area contributed by atoms with Crippen molar-refractivity contribution in [2.24, 2.45) is 0 Å². The van der Waals surface area contributed by atoms with E-state index in [1.807, 2.05) is 48.5 Å². The molecule has 5 heteroatoms. The third-order valence-electron chi connectivity index (χ3n) is 4.13. The molecule has 26 heavy (non-hydrogen) atoms. The molecule has 2 N–H and O–H groups in total. The van der Waals surface area contributed by atoms with E-state index in [0.717, 1.165) is 5.56 Å². The predicted octanol–water partition coefficient (Wildman–Crippen LogP) is 3.94. The number of halogens is 1. The third-order valence-corrected chi connectivity index (χ3v) is 4.38. The van der Waals surface area contributed by atoms with Gasteiger partial charge in [-0.05, 0) is 47.7 Å². The molecule has 0 spiro atoms. The van der Waals surface area contributed by atoms with Gasteiger partial charge in [0.2, 0.25) is 5.91 Å². The monoisotopic (exact) mass is 372 g/mol. The normalized spacial score (nSPS) is 10.6. The molecule has 0 aliphatic carbocycles. The molecule has 0 radical (unpaired) electrons. The highest BCUT2D eigenvalue weighted by molar-refractivity contribution is 6.30. The van der Waals surface area contributed by atoms with E-state index in [0.29, 0.717) is 42.4 Å². The van der Waals surface area contributed by atoms with Crippen LogP contribution in [0.15, 0.2) is 48.5 Å². The second-order valence-corrected chi connectivity index (χ2v) is 6.95. The zero-order valence-electron chi connectivity index (χ0n) is 15.2. The van der Waals surface area contributed by atoms with Crippen LogP contribution in [0, 0.1) is 0 Å². The van der Waals surface area contributed by atoms with Crippen LogP contribution in [0.4, 0.5) is 0 Å². The van der Waals surface area contributed by atoms with Crippen LogP contribution in [-0.4, -0.2) is 24.9 Å². The lowest BCUT2D eigenvalue weighted by Crippen LogP contribution is -2.34. The maximum atomic E-state index is 12.1. The van der Waals surface area contributed by atoms with E-state index in [9.17, 15) is 9.59 Å². The molecule has 0 saturated carbocycles. The van der Waals surface area contributed by atoms with Crippen molar-refractivity contribution in [3.63, 3.8) is 0 Å². The van der Waals surface area contributed by atoms with Gasteiger partial charge in [0.15, 0.2) is 0 Å². The first-order valence-corrected chi connectivity index (χ1v) is 9.23. The molecule has 2 rings (SSSR count). The van der Waals surface area contributed by atoms with E-state index < -0.39 is 0 Å². The van der Waals surface area contributed by atoms with Gasteiger partial charge in [0.05, 0.1) is 0 Å². The highest BCUT2D eigenvalue weighted by Gasteiger charge is 2.07. The lowest BCUT2D eigenvalue weighted by atomic mass is 10.0. The summed E-state index contributed by atoms with van der Waals surface area (Å²) in [6.45, 7) is 5.04. The van der Waals surface area contributed by atoms with E-state index >= 15 is 0 Å². The number of nitrogens with one attached hydrogen (secondary N) is 2. The lowest BCUT2D eigenvalue weighted by molar-refractivity contribution is -0.121. The Labute approximate surface area is 159 Å². The minimum Gasteiger partial charge on any atom is -0.354 e. The van der Waals surface area contributed by atoms with Crippen molar-refractivity contribution in [1.29, 1.82) is 0 Å². The Kier molecular flexibility index (Phi) is 7.67. The van der Waals surface area contributed by atoms with Gasteiger partial charge in [0, 0.05) is 30.1 Å². The molecule has 138 valence electrons. The van der Waals surface area contributed by atoms with Gasteiger partial charge in [0.1, 0.15) is 0 Å². The minimum absolute atomic E-state index is 0.0320. The van der Waals surface area contributed by atoms with E-state index in [4.69, 9.17) is 11.6 Å². The van der Waals surface area contributed by atoms with Gasteiger partial charge in [-0.2, -0.15) is 0 Å². The Morgan fingerprint density at radius 3 is 2.15 bits per heavy atom. The smallest absolute Gasteiger partial charge is 0.251 e. The van der Waals surface area contributed by atoms with Crippen LogP contribution in [0.25, 0.3) is 0 Å². The second kappa shape index (κ2) is 9.97. The van der Waals surface area contributed by atoms with Crippen molar-refractivity contribution < 1.29 is 9.59 Å². The van der Waals surface area contributed by atoms with Gasteiger partial charge < -0.3 is 10.6 Å². The van der Waals surface area contributed by atoms with Crippen LogP contribution >= 0.6 is 11.6 Å². The molecule has 0 heterocycles. The van der Waals surface area contributed by atoms with Crippen molar-refractivity contribution in [3.8, 4) is 0 Å². The van der Waals surface area contributed by atoms with E-state index in [2.05, 4.69) is 24.5 Å². The molecule has 4 nitrogen and oxygen atoms in total. The average Bonchev–Trinajstić information content (AvgIpc) is 2.64. The van der Waals surface area contributed by atoms with Crippen molar-refractivity contribution in [3.05, 3.63) is 70.2 Å². The molecule has 0 atom stereocenters. The maximum Gasteiger partial charge on any atom is 0.251 e. The summed E-state index contributed by atoms with van der Waals surface area (Å²) in [5.74, 6) is 0.279. The average molecular weight is 373 g/mol. The summed E-state index contributed by atoms with van der Waals surface area (Å²) < 4.78 is 0. The highest BCUT2D eigenvalue weighted by Crippen LogP contribution is 2.14. The summed E-state index contributed by atoms with van der Waals surface area (Å²) in [5, 5.41) is 6.32. The number of amides is 2. The highest BCUT2D eigenvalue weighted by atomic mass is 35.5. The Bertz CT molecular complexity index is 725. The van der Waals surface area contributed by atoms with Crippen molar-refractivity contribution >= 4 is 23.4 Å². The van der Waals surface area contributed by atoms with Crippen LogP contribution < -0.4 is 10.6 Å². The number of aryl methyl sites for hydroxylation is 1. The summed E-state index contributed by atoms with van der Waals surface area (Å²) in [6.07, 6.45) is 1.07. The molecule has 0 fully saturated rings. The number of hydrogen-bond acceptors (Lipinski definition) is 2. The van der Waals surface area contributed by atoms with Crippen molar-refractivity contribution in [1.82, 2.24) is 10.6 Å². The molecule has 2 amide bonds. The Balaban J connectivity index is 1.65. The third kappa shape index (κ3) is 6.52. The molecule has 0 bridgehead atoms. The lowest BCUT2D eigenvalue weighted by Gasteiger charge is -2.09. The predicted molar refractivity (Wildman–Crippen MR) is 106 cm³/mol. The fourth-order valence-electron chi connectivity index (χ4n) is 2.50. The Hall–Kier alpha value is -2.33. The van der Waals surface area contributed by atoms with Crippen LogP contribution in [0.5, 0.6) is 0 Å². The SMILES string of the molecule is CC(C)c1ccc(C(=O)NCCNC(=O)CCc2ccc(Cl)cc2)cc1. The minimum atomic E-state index is -0.129. The second-order valence-electron chi connectivity index (χ2n) is 6.51.